The molecule has 9 nitrogen and oxygen atoms in total. The third kappa shape index (κ3) is 5.76. The number of aryl methyl sites for hydroxylation is 1. The smallest absolute Gasteiger partial charge is 0.354 e. The molecular formula is C19H23N5O4. The van der Waals surface area contributed by atoms with Crippen molar-refractivity contribution in [3.63, 3.8) is 0 Å². The molecule has 9 heteroatoms. The monoisotopic (exact) mass is 385 g/mol. The number of aromatic nitrogens is 3. The first-order chi connectivity index (χ1) is 13.4. The molecule has 0 aliphatic rings. The molecule has 2 amide bonds. The number of nitrogens with two attached hydrogens (primary N) is 1. The topological polar surface area (TPSA) is 129 Å². The van der Waals surface area contributed by atoms with Gasteiger partial charge in [0, 0.05) is 6.42 Å². The first-order valence-corrected chi connectivity index (χ1v) is 8.88. The highest BCUT2D eigenvalue weighted by molar-refractivity contribution is 6.00. The predicted octanol–water partition coefficient (Wildman–Crippen LogP) is 1.41. The Balaban J connectivity index is 2.16. The highest BCUT2D eigenvalue weighted by Crippen LogP contribution is 2.09. The molecular weight excluding hydrogens is 362 g/mol. The van der Waals surface area contributed by atoms with E-state index in [0.717, 1.165) is 0 Å². The number of para-hydroxylation sites is 1. The summed E-state index contributed by atoms with van der Waals surface area (Å²) >= 11 is 0. The Kier molecular flexibility index (Phi) is 7.44. The predicted molar refractivity (Wildman–Crippen MR) is 101 cm³/mol. The van der Waals surface area contributed by atoms with Crippen molar-refractivity contribution in [2.45, 2.75) is 33.1 Å². The van der Waals surface area contributed by atoms with Gasteiger partial charge in [0.25, 0.3) is 5.91 Å². The second-order valence-corrected chi connectivity index (χ2v) is 5.91. The molecule has 1 aromatic carbocycles. The molecule has 0 saturated heterocycles. The molecule has 1 aromatic heterocycles. The van der Waals surface area contributed by atoms with Crippen LogP contribution in [0.1, 0.15) is 42.4 Å². The van der Waals surface area contributed by atoms with Crippen LogP contribution in [0.2, 0.25) is 0 Å². The standard InChI is InChI=1S/C19H23N5O4/c1-3-28-19(27)15(11-7-8-12-16(20)25)21-18(26)17-13(2)22-24(23-17)14-9-5-4-6-10-14/h4-6,9-11H,3,7-8,12H2,1-2H3,(H2,20,25)(H,21,26). The molecule has 148 valence electrons. The van der Waals surface area contributed by atoms with Crippen molar-refractivity contribution >= 4 is 17.8 Å². The van der Waals surface area contributed by atoms with Gasteiger partial charge in [-0.1, -0.05) is 24.3 Å². The van der Waals surface area contributed by atoms with E-state index in [1.54, 1.807) is 13.8 Å². The van der Waals surface area contributed by atoms with E-state index in [1.165, 1.54) is 10.9 Å². The number of allylic oxidation sites excluding steroid dienone is 1. The first-order valence-electron chi connectivity index (χ1n) is 8.88. The Morgan fingerprint density at radius 1 is 1.21 bits per heavy atom. The normalized spacial score (nSPS) is 11.1. The number of hydrogen-bond acceptors (Lipinski definition) is 6. The van der Waals surface area contributed by atoms with Crippen molar-refractivity contribution in [3.8, 4) is 5.69 Å². The van der Waals surface area contributed by atoms with Gasteiger partial charge in [-0.3, -0.25) is 9.59 Å². The summed E-state index contributed by atoms with van der Waals surface area (Å²) in [6, 6.07) is 9.15. The van der Waals surface area contributed by atoms with Crippen molar-refractivity contribution in [1.82, 2.24) is 20.3 Å². The molecule has 2 rings (SSSR count). The number of ether oxygens (including phenoxy) is 1. The Hall–Kier alpha value is -3.49. The second-order valence-electron chi connectivity index (χ2n) is 5.91. The Morgan fingerprint density at radius 3 is 2.57 bits per heavy atom. The lowest BCUT2D eigenvalue weighted by atomic mass is 10.2. The van der Waals surface area contributed by atoms with Gasteiger partial charge in [0.05, 0.1) is 18.0 Å². The number of benzene rings is 1. The van der Waals surface area contributed by atoms with Crippen LogP contribution in [0.15, 0.2) is 42.1 Å². The van der Waals surface area contributed by atoms with Gasteiger partial charge >= 0.3 is 5.97 Å². The maximum absolute atomic E-state index is 12.6. The van der Waals surface area contributed by atoms with Crippen molar-refractivity contribution in [2.24, 2.45) is 5.73 Å². The lowest BCUT2D eigenvalue weighted by Crippen LogP contribution is -2.29. The van der Waals surface area contributed by atoms with Crippen LogP contribution in [0.25, 0.3) is 5.69 Å². The van der Waals surface area contributed by atoms with Crippen LogP contribution >= 0.6 is 0 Å². The number of hydrogen-bond donors (Lipinski definition) is 2. The van der Waals surface area contributed by atoms with Gasteiger partial charge < -0.3 is 15.8 Å². The Morgan fingerprint density at radius 2 is 1.93 bits per heavy atom. The largest absolute Gasteiger partial charge is 0.461 e. The fraction of sp³-hybridized carbons (Fsp3) is 0.316. The summed E-state index contributed by atoms with van der Waals surface area (Å²) in [5, 5.41) is 11.0. The van der Waals surface area contributed by atoms with E-state index in [9.17, 15) is 14.4 Å². The maximum Gasteiger partial charge on any atom is 0.354 e. The van der Waals surface area contributed by atoms with Crippen molar-refractivity contribution in [1.29, 1.82) is 0 Å². The molecule has 0 spiro atoms. The summed E-state index contributed by atoms with van der Waals surface area (Å²) in [7, 11) is 0. The van der Waals surface area contributed by atoms with E-state index in [4.69, 9.17) is 10.5 Å². The van der Waals surface area contributed by atoms with Gasteiger partial charge in [-0.15, -0.1) is 5.10 Å². The Bertz CT molecular complexity index is 874. The van der Waals surface area contributed by atoms with Gasteiger partial charge in [-0.25, -0.2) is 4.79 Å². The summed E-state index contributed by atoms with van der Waals surface area (Å²) in [5.41, 5.74) is 6.31. The molecule has 0 aliphatic carbocycles. The molecule has 1 heterocycles. The van der Waals surface area contributed by atoms with Crippen LogP contribution in [0, 0.1) is 6.92 Å². The van der Waals surface area contributed by atoms with Crippen LogP contribution in [-0.2, 0) is 14.3 Å². The third-order valence-electron chi connectivity index (χ3n) is 3.70. The number of nitrogens with one attached hydrogen (secondary N) is 1. The van der Waals surface area contributed by atoms with E-state index in [2.05, 4.69) is 15.5 Å². The van der Waals surface area contributed by atoms with E-state index in [0.29, 0.717) is 24.2 Å². The van der Waals surface area contributed by atoms with Crippen LogP contribution in [0.5, 0.6) is 0 Å². The maximum atomic E-state index is 12.6. The average molecular weight is 385 g/mol. The minimum Gasteiger partial charge on any atom is -0.461 e. The van der Waals surface area contributed by atoms with Gasteiger partial charge in [0.2, 0.25) is 5.91 Å². The SMILES string of the molecule is CCOC(=O)C(=CCCCC(N)=O)NC(=O)c1nn(-c2ccccc2)nc1C. The van der Waals surface area contributed by atoms with Crippen LogP contribution in [0.3, 0.4) is 0 Å². The summed E-state index contributed by atoms with van der Waals surface area (Å²) in [6.07, 6.45) is 2.53. The average Bonchev–Trinajstić information content (AvgIpc) is 3.06. The number of esters is 1. The summed E-state index contributed by atoms with van der Waals surface area (Å²) < 4.78 is 4.97. The summed E-state index contributed by atoms with van der Waals surface area (Å²) in [5.74, 6) is -1.67. The minimum atomic E-state index is -0.664. The molecule has 2 aromatic rings. The molecule has 28 heavy (non-hydrogen) atoms. The van der Waals surface area contributed by atoms with Gasteiger partial charge in [-0.2, -0.15) is 9.90 Å². The quantitative estimate of drug-likeness (QED) is 0.381. The lowest BCUT2D eigenvalue weighted by Gasteiger charge is -2.08. The number of nitrogens with zero attached hydrogens (tertiary/aromatic N) is 3. The van der Waals surface area contributed by atoms with Crippen LogP contribution < -0.4 is 11.1 Å². The second kappa shape index (κ2) is 10.0. The van der Waals surface area contributed by atoms with E-state index >= 15 is 0 Å². The highest BCUT2D eigenvalue weighted by atomic mass is 16.5. The molecule has 0 aliphatic heterocycles. The van der Waals surface area contributed by atoms with Crippen LogP contribution in [-0.4, -0.2) is 39.4 Å². The summed E-state index contributed by atoms with van der Waals surface area (Å²) in [4.78, 5) is 36.9. The van der Waals surface area contributed by atoms with Gasteiger partial charge in [-0.05, 0) is 38.8 Å². The number of amides is 2. The number of rotatable bonds is 9. The third-order valence-corrected chi connectivity index (χ3v) is 3.70. The molecule has 0 atom stereocenters. The van der Waals surface area contributed by atoms with Crippen LogP contribution in [0.4, 0.5) is 0 Å². The molecule has 0 unspecified atom stereocenters. The van der Waals surface area contributed by atoms with E-state index in [1.807, 2.05) is 30.3 Å². The minimum absolute atomic E-state index is 0.00928. The fourth-order valence-electron chi connectivity index (χ4n) is 2.36. The Labute approximate surface area is 162 Å². The number of carbonyl (C=O) groups is 3. The molecule has 0 fully saturated rings. The zero-order chi connectivity index (χ0) is 20.5. The summed E-state index contributed by atoms with van der Waals surface area (Å²) in [6.45, 7) is 3.48. The number of primary amides is 1. The molecule has 0 saturated carbocycles. The molecule has 0 bridgehead atoms. The molecule has 0 radical (unpaired) electrons. The van der Waals surface area contributed by atoms with E-state index in [-0.39, 0.29) is 24.4 Å². The number of carbonyl (C=O) groups excluding carboxylic acids is 3. The van der Waals surface area contributed by atoms with Gasteiger partial charge in [0.15, 0.2) is 5.69 Å². The number of unbranched alkanes of at least 4 members (excludes halogenated alkanes) is 1. The van der Waals surface area contributed by atoms with Crippen molar-refractivity contribution < 1.29 is 19.1 Å². The molecule has 3 N–H and O–H groups in total. The zero-order valence-corrected chi connectivity index (χ0v) is 15.8. The van der Waals surface area contributed by atoms with Crippen molar-refractivity contribution in [3.05, 3.63) is 53.5 Å². The fourth-order valence-corrected chi connectivity index (χ4v) is 2.36. The lowest BCUT2D eigenvalue weighted by molar-refractivity contribution is -0.138. The zero-order valence-electron chi connectivity index (χ0n) is 15.8. The first kappa shape index (κ1) is 20.8. The van der Waals surface area contributed by atoms with E-state index < -0.39 is 17.8 Å². The van der Waals surface area contributed by atoms with Gasteiger partial charge in [0.1, 0.15) is 5.70 Å². The van der Waals surface area contributed by atoms with Crippen molar-refractivity contribution in [2.75, 3.05) is 6.61 Å². The highest BCUT2D eigenvalue weighted by Gasteiger charge is 2.20.